The zero-order valence-corrected chi connectivity index (χ0v) is 6.65. The fraction of sp³-hybridized carbons (Fsp3) is 0.800. The van der Waals surface area contributed by atoms with Crippen LogP contribution in [-0.2, 0) is 4.79 Å². The molecule has 0 spiro atoms. The SMILES string of the molecule is CC(=O)O.OC(C(F)(F)F)C(F)(F)F. The Kier molecular flexibility index (Phi) is 5.56. The van der Waals surface area contributed by atoms with E-state index in [2.05, 4.69) is 0 Å². The molecule has 0 fully saturated rings. The molecule has 0 aliphatic rings. The summed E-state index contributed by atoms with van der Waals surface area (Å²) < 4.78 is 65.9. The maximum absolute atomic E-state index is 11.0. The minimum Gasteiger partial charge on any atom is -0.481 e. The van der Waals surface area contributed by atoms with Crippen LogP contribution in [0, 0.1) is 0 Å². The number of halogens is 6. The van der Waals surface area contributed by atoms with E-state index in [-0.39, 0.29) is 0 Å². The predicted octanol–water partition coefficient (Wildman–Crippen LogP) is 1.56. The Hall–Kier alpha value is -0.990. The van der Waals surface area contributed by atoms with Crippen molar-refractivity contribution in [2.75, 3.05) is 0 Å². The maximum Gasteiger partial charge on any atom is 0.423 e. The van der Waals surface area contributed by atoms with Crippen molar-refractivity contribution >= 4 is 5.97 Å². The molecule has 0 bridgehead atoms. The first-order valence-electron chi connectivity index (χ1n) is 2.90. The Morgan fingerprint density at radius 3 is 1.21 bits per heavy atom. The average Bonchev–Trinajstić information content (AvgIpc) is 1.80. The van der Waals surface area contributed by atoms with Gasteiger partial charge < -0.3 is 10.2 Å². The van der Waals surface area contributed by atoms with Gasteiger partial charge in [-0.3, -0.25) is 4.79 Å². The van der Waals surface area contributed by atoms with Gasteiger partial charge in [0, 0.05) is 6.92 Å². The molecule has 0 amide bonds. The Morgan fingerprint density at radius 2 is 1.21 bits per heavy atom. The van der Waals surface area contributed by atoms with Crippen LogP contribution in [0.2, 0.25) is 0 Å². The van der Waals surface area contributed by atoms with Crippen molar-refractivity contribution in [1.82, 2.24) is 0 Å². The van der Waals surface area contributed by atoms with Crippen LogP contribution in [0.25, 0.3) is 0 Å². The number of aliphatic carboxylic acids is 1. The number of aliphatic hydroxyl groups excluding tert-OH is 1. The van der Waals surface area contributed by atoms with Gasteiger partial charge in [-0.1, -0.05) is 0 Å². The van der Waals surface area contributed by atoms with E-state index < -0.39 is 24.4 Å². The average molecular weight is 228 g/mol. The summed E-state index contributed by atoms with van der Waals surface area (Å²) in [5.74, 6) is -0.833. The van der Waals surface area contributed by atoms with E-state index in [1.54, 1.807) is 0 Å². The molecule has 2 N–H and O–H groups in total. The second-order valence-electron chi connectivity index (χ2n) is 2.00. The third kappa shape index (κ3) is 9.10. The third-order valence-electron chi connectivity index (χ3n) is 0.620. The molecule has 0 unspecified atom stereocenters. The highest BCUT2D eigenvalue weighted by Crippen LogP contribution is 2.32. The van der Waals surface area contributed by atoms with Crippen LogP contribution in [0.5, 0.6) is 0 Å². The van der Waals surface area contributed by atoms with Crippen LogP contribution >= 0.6 is 0 Å². The van der Waals surface area contributed by atoms with E-state index in [9.17, 15) is 26.3 Å². The number of carboxylic acid groups (broad SMARTS) is 1. The maximum atomic E-state index is 11.0. The van der Waals surface area contributed by atoms with Crippen molar-refractivity contribution in [3.8, 4) is 0 Å². The van der Waals surface area contributed by atoms with Crippen LogP contribution in [0.1, 0.15) is 6.92 Å². The molecule has 0 aromatic heterocycles. The quantitative estimate of drug-likeness (QED) is 0.618. The molecule has 86 valence electrons. The summed E-state index contributed by atoms with van der Waals surface area (Å²) in [7, 11) is 0. The minimum absolute atomic E-state index is 0.833. The van der Waals surface area contributed by atoms with E-state index in [1.165, 1.54) is 0 Å². The summed E-state index contributed by atoms with van der Waals surface area (Å²) in [6, 6.07) is 0. The van der Waals surface area contributed by atoms with E-state index in [0.717, 1.165) is 6.92 Å². The van der Waals surface area contributed by atoms with Gasteiger partial charge in [0.2, 0.25) is 6.10 Å². The number of aliphatic hydroxyl groups is 1. The number of hydrogen-bond donors (Lipinski definition) is 2. The van der Waals surface area contributed by atoms with Gasteiger partial charge >= 0.3 is 12.4 Å². The Bertz CT molecular complexity index is 165. The summed E-state index contributed by atoms with van der Waals surface area (Å²) in [5.41, 5.74) is 0. The molecule has 0 radical (unpaired) electrons. The smallest absolute Gasteiger partial charge is 0.423 e. The number of hydrogen-bond acceptors (Lipinski definition) is 2. The normalized spacial score (nSPS) is 12.1. The van der Waals surface area contributed by atoms with E-state index in [1.807, 2.05) is 0 Å². The molecule has 9 heteroatoms. The van der Waals surface area contributed by atoms with Gasteiger partial charge in [-0.15, -0.1) is 0 Å². The van der Waals surface area contributed by atoms with Gasteiger partial charge in [-0.25, -0.2) is 0 Å². The molecule has 0 saturated heterocycles. The predicted molar refractivity (Wildman–Crippen MR) is 31.4 cm³/mol. The van der Waals surface area contributed by atoms with Crippen molar-refractivity contribution in [2.45, 2.75) is 25.4 Å². The lowest BCUT2D eigenvalue weighted by molar-refractivity contribution is -0.308. The lowest BCUT2D eigenvalue weighted by atomic mass is 10.3. The first kappa shape index (κ1) is 15.5. The highest BCUT2D eigenvalue weighted by Gasteiger charge is 2.55. The zero-order chi connectivity index (χ0) is 12.2. The summed E-state index contributed by atoms with van der Waals surface area (Å²) in [5, 5.41) is 14.9. The highest BCUT2D eigenvalue weighted by molar-refractivity contribution is 5.62. The summed E-state index contributed by atoms with van der Waals surface area (Å²) in [6.45, 7) is 1.08. The van der Waals surface area contributed by atoms with Crippen molar-refractivity contribution in [3.63, 3.8) is 0 Å². The van der Waals surface area contributed by atoms with E-state index in [0.29, 0.717) is 0 Å². The molecule has 0 aromatic rings. The number of rotatable bonds is 0. The molecule has 0 saturated carbocycles. The second kappa shape index (κ2) is 5.03. The molecular formula is C5H6F6O3. The molecule has 0 atom stereocenters. The fourth-order valence-corrected chi connectivity index (χ4v) is 0.186. The molecule has 0 rings (SSSR count). The molecule has 14 heavy (non-hydrogen) atoms. The van der Waals surface area contributed by atoms with Crippen LogP contribution < -0.4 is 0 Å². The third-order valence-corrected chi connectivity index (χ3v) is 0.620. The summed E-state index contributed by atoms with van der Waals surface area (Å²) in [4.78, 5) is 9.00. The van der Waals surface area contributed by atoms with E-state index in [4.69, 9.17) is 15.0 Å². The van der Waals surface area contributed by atoms with Crippen molar-refractivity contribution < 1.29 is 41.4 Å². The van der Waals surface area contributed by atoms with Gasteiger partial charge in [0.25, 0.3) is 5.97 Å². The molecule has 0 aliphatic heterocycles. The summed E-state index contributed by atoms with van der Waals surface area (Å²) in [6.07, 6.45) is -15.5. The van der Waals surface area contributed by atoms with Crippen molar-refractivity contribution in [3.05, 3.63) is 0 Å². The monoisotopic (exact) mass is 228 g/mol. The number of carbonyl (C=O) groups is 1. The van der Waals surface area contributed by atoms with Gasteiger partial charge in [0.05, 0.1) is 0 Å². The molecule has 0 heterocycles. The lowest BCUT2D eigenvalue weighted by Gasteiger charge is -2.16. The Labute approximate surface area is 73.9 Å². The molecule has 3 nitrogen and oxygen atoms in total. The highest BCUT2D eigenvalue weighted by atomic mass is 19.4. The fourth-order valence-electron chi connectivity index (χ4n) is 0.186. The van der Waals surface area contributed by atoms with Gasteiger partial charge in [0.15, 0.2) is 0 Å². The van der Waals surface area contributed by atoms with Gasteiger partial charge in [0.1, 0.15) is 0 Å². The van der Waals surface area contributed by atoms with Gasteiger partial charge in [-0.2, -0.15) is 26.3 Å². The van der Waals surface area contributed by atoms with Crippen LogP contribution in [0.4, 0.5) is 26.3 Å². The standard InChI is InChI=1S/C3H2F6O.C2H4O2/c4-2(5,6)1(10)3(7,8)9;1-2(3)4/h1,10H;1H3,(H,3,4). The topological polar surface area (TPSA) is 57.5 Å². The zero-order valence-electron chi connectivity index (χ0n) is 6.65. The number of carboxylic acids is 1. The van der Waals surface area contributed by atoms with E-state index >= 15 is 0 Å². The number of alkyl halides is 6. The summed E-state index contributed by atoms with van der Waals surface area (Å²) >= 11 is 0. The molecular weight excluding hydrogens is 222 g/mol. The van der Waals surface area contributed by atoms with Crippen molar-refractivity contribution in [2.24, 2.45) is 0 Å². The van der Waals surface area contributed by atoms with Crippen LogP contribution in [-0.4, -0.2) is 34.6 Å². The van der Waals surface area contributed by atoms with Crippen LogP contribution in [0.3, 0.4) is 0 Å². The molecule has 0 aliphatic carbocycles. The first-order valence-corrected chi connectivity index (χ1v) is 2.90. The van der Waals surface area contributed by atoms with Gasteiger partial charge in [-0.05, 0) is 0 Å². The second-order valence-corrected chi connectivity index (χ2v) is 2.00. The van der Waals surface area contributed by atoms with Crippen molar-refractivity contribution in [1.29, 1.82) is 0 Å². The largest absolute Gasteiger partial charge is 0.481 e. The molecule has 0 aromatic carbocycles. The Balaban J connectivity index is 0. The first-order chi connectivity index (χ1) is 5.89. The minimum atomic E-state index is -5.63. The Morgan fingerprint density at radius 1 is 1.07 bits per heavy atom. The van der Waals surface area contributed by atoms with Crippen LogP contribution in [0.15, 0.2) is 0 Å². The lowest BCUT2D eigenvalue weighted by Crippen LogP contribution is -2.41.